The quantitative estimate of drug-likeness (QED) is 0.776. The van der Waals surface area contributed by atoms with Crippen LogP contribution in [0.1, 0.15) is 39.5 Å². The van der Waals surface area contributed by atoms with Gasteiger partial charge in [-0.1, -0.05) is 13.0 Å². The summed E-state index contributed by atoms with van der Waals surface area (Å²) in [5.41, 5.74) is 6.55. The van der Waals surface area contributed by atoms with Crippen molar-refractivity contribution in [1.82, 2.24) is 4.90 Å². The fraction of sp³-hybridized carbons (Fsp3) is 0.750. The number of carbonyl (C=O) groups excluding carboxylic acids is 1. The van der Waals surface area contributed by atoms with Crippen molar-refractivity contribution >= 4 is 18.3 Å². The van der Waals surface area contributed by atoms with E-state index >= 15 is 0 Å². The van der Waals surface area contributed by atoms with Gasteiger partial charge in [-0.15, -0.1) is 12.4 Å². The number of allylic oxidation sites excluding steroid dienone is 1. The summed E-state index contributed by atoms with van der Waals surface area (Å²) in [6.07, 6.45) is 6.27. The third-order valence-electron chi connectivity index (χ3n) is 3.01. The molecule has 1 aliphatic rings. The summed E-state index contributed by atoms with van der Waals surface area (Å²) in [5.74, 6) is 0.173. The highest BCUT2D eigenvalue weighted by molar-refractivity contribution is 5.93. The Hall–Kier alpha value is -0.540. The average molecular weight is 247 g/mol. The molecule has 1 atom stereocenters. The van der Waals surface area contributed by atoms with Gasteiger partial charge in [0.05, 0.1) is 0 Å². The number of likely N-dealkylation sites (tertiary alicyclic amines) is 1. The molecule has 1 saturated heterocycles. The number of amides is 1. The second kappa shape index (κ2) is 7.69. The number of nitrogens with zero attached hydrogens (tertiary/aromatic N) is 1. The molecule has 16 heavy (non-hydrogen) atoms. The molecule has 1 rings (SSSR count). The highest BCUT2D eigenvalue weighted by atomic mass is 35.5. The summed E-state index contributed by atoms with van der Waals surface area (Å²) in [4.78, 5) is 14.0. The predicted molar refractivity (Wildman–Crippen MR) is 69.7 cm³/mol. The van der Waals surface area contributed by atoms with Crippen LogP contribution >= 0.6 is 12.4 Å². The molecule has 0 aliphatic carbocycles. The zero-order valence-corrected chi connectivity index (χ0v) is 11.1. The Morgan fingerprint density at radius 2 is 2.19 bits per heavy atom. The topological polar surface area (TPSA) is 46.3 Å². The Labute approximate surface area is 104 Å². The molecule has 0 aromatic heterocycles. The minimum Gasteiger partial charge on any atom is -0.335 e. The van der Waals surface area contributed by atoms with Gasteiger partial charge in [0, 0.05) is 24.7 Å². The summed E-state index contributed by atoms with van der Waals surface area (Å²) in [6.45, 7) is 5.40. The predicted octanol–water partition coefficient (Wildman–Crippen LogP) is 2.10. The van der Waals surface area contributed by atoms with E-state index in [1.165, 1.54) is 6.42 Å². The normalized spacial score (nSPS) is 21.6. The van der Waals surface area contributed by atoms with Crippen LogP contribution in [0.2, 0.25) is 0 Å². The first kappa shape index (κ1) is 15.5. The van der Waals surface area contributed by atoms with Gasteiger partial charge in [0.15, 0.2) is 0 Å². The largest absolute Gasteiger partial charge is 0.335 e. The zero-order valence-electron chi connectivity index (χ0n) is 10.2. The zero-order chi connectivity index (χ0) is 11.3. The van der Waals surface area contributed by atoms with Crippen molar-refractivity contribution in [3.05, 3.63) is 11.6 Å². The SMILES string of the molecule is CC/C=C(/C)C(=O)N1CCCCC1CN.Cl. The first-order valence-electron chi connectivity index (χ1n) is 5.88. The number of piperidine rings is 1. The molecule has 94 valence electrons. The maximum atomic E-state index is 12.1. The van der Waals surface area contributed by atoms with Crippen LogP contribution in [-0.4, -0.2) is 29.9 Å². The van der Waals surface area contributed by atoms with Gasteiger partial charge in [0.25, 0.3) is 0 Å². The summed E-state index contributed by atoms with van der Waals surface area (Å²) in [5, 5.41) is 0. The van der Waals surface area contributed by atoms with Crippen molar-refractivity contribution in [2.45, 2.75) is 45.6 Å². The van der Waals surface area contributed by atoms with E-state index in [2.05, 4.69) is 0 Å². The van der Waals surface area contributed by atoms with Gasteiger partial charge in [0.2, 0.25) is 5.91 Å². The Kier molecular flexibility index (Phi) is 7.43. The number of nitrogens with two attached hydrogens (primary N) is 1. The van der Waals surface area contributed by atoms with Crippen LogP contribution in [0.5, 0.6) is 0 Å². The number of carbonyl (C=O) groups is 1. The lowest BCUT2D eigenvalue weighted by Gasteiger charge is -2.35. The van der Waals surface area contributed by atoms with Crippen LogP contribution in [0, 0.1) is 0 Å². The third kappa shape index (κ3) is 3.80. The summed E-state index contributed by atoms with van der Waals surface area (Å²) in [7, 11) is 0. The maximum absolute atomic E-state index is 12.1. The van der Waals surface area contributed by atoms with Gasteiger partial charge in [-0.3, -0.25) is 4.79 Å². The second-order valence-electron chi connectivity index (χ2n) is 4.18. The van der Waals surface area contributed by atoms with Crippen molar-refractivity contribution in [3.8, 4) is 0 Å². The van der Waals surface area contributed by atoms with Crippen LogP contribution in [0.25, 0.3) is 0 Å². The van der Waals surface area contributed by atoms with Gasteiger partial charge >= 0.3 is 0 Å². The molecule has 0 bridgehead atoms. The molecule has 1 heterocycles. The van der Waals surface area contributed by atoms with Crippen LogP contribution in [0.4, 0.5) is 0 Å². The molecule has 4 heteroatoms. The molecule has 2 N–H and O–H groups in total. The van der Waals surface area contributed by atoms with Crippen molar-refractivity contribution in [2.75, 3.05) is 13.1 Å². The van der Waals surface area contributed by atoms with Crippen molar-refractivity contribution < 1.29 is 4.79 Å². The summed E-state index contributed by atoms with van der Waals surface area (Å²) in [6, 6.07) is 0.256. The molecule has 1 fully saturated rings. The monoisotopic (exact) mass is 246 g/mol. The van der Waals surface area contributed by atoms with Gasteiger partial charge in [-0.05, 0) is 32.6 Å². The van der Waals surface area contributed by atoms with Crippen molar-refractivity contribution in [2.24, 2.45) is 5.73 Å². The molecular formula is C12H23ClN2O. The van der Waals surface area contributed by atoms with E-state index in [1.807, 2.05) is 24.8 Å². The van der Waals surface area contributed by atoms with Gasteiger partial charge in [-0.2, -0.15) is 0 Å². The lowest BCUT2D eigenvalue weighted by atomic mass is 10.0. The first-order chi connectivity index (χ1) is 7.20. The van der Waals surface area contributed by atoms with E-state index in [-0.39, 0.29) is 24.4 Å². The number of hydrogen-bond acceptors (Lipinski definition) is 2. The lowest BCUT2D eigenvalue weighted by Crippen LogP contribution is -2.47. The molecule has 0 aromatic carbocycles. The highest BCUT2D eigenvalue weighted by Crippen LogP contribution is 2.18. The van der Waals surface area contributed by atoms with Gasteiger partial charge in [0.1, 0.15) is 0 Å². The van der Waals surface area contributed by atoms with E-state index in [4.69, 9.17) is 5.73 Å². The van der Waals surface area contributed by atoms with E-state index in [9.17, 15) is 4.79 Å². The Bertz CT molecular complexity index is 253. The standard InChI is InChI=1S/C12H22N2O.ClH/c1-3-6-10(2)12(15)14-8-5-4-7-11(14)9-13;/h6,11H,3-5,7-9,13H2,1-2H3;1H/b10-6-;. The van der Waals surface area contributed by atoms with E-state index < -0.39 is 0 Å². The Morgan fingerprint density at radius 3 is 2.75 bits per heavy atom. The smallest absolute Gasteiger partial charge is 0.249 e. The number of rotatable bonds is 3. The molecule has 1 unspecified atom stereocenters. The third-order valence-corrected chi connectivity index (χ3v) is 3.01. The molecular weight excluding hydrogens is 224 g/mol. The van der Waals surface area contributed by atoms with Crippen LogP contribution in [0.3, 0.4) is 0 Å². The second-order valence-corrected chi connectivity index (χ2v) is 4.18. The van der Waals surface area contributed by atoms with Crippen molar-refractivity contribution in [1.29, 1.82) is 0 Å². The number of hydrogen-bond donors (Lipinski definition) is 1. The molecule has 1 aliphatic heterocycles. The van der Waals surface area contributed by atoms with Crippen LogP contribution in [0.15, 0.2) is 11.6 Å². The Balaban J connectivity index is 0.00000225. The fourth-order valence-electron chi connectivity index (χ4n) is 2.13. The van der Waals surface area contributed by atoms with Crippen molar-refractivity contribution in [3.63, 3.8) is 0 Å². The van der Waals surface area contributed by atoms with Crippen LogP contribution < -0.4 is 5.73 Å². The van der Waals surface area contributed by atoms with E-state index in [0.29, 0.717) is 6.54 Å². The number of halogens is 1. The van der Waals surface area contributed by atoms with E-state index in [1.54, 1.807) is 0 Å². The van der Waals surface area contributed by atoms with Gasteiger partial charge in [-0.25, -0.2) is 0 Å². The Morgan fingerprint density at radius 1 is 1.50 bits per heavy atom. The summed E-state index contributed by atoms with van der Waals surface area (Å²) < 4.78 is 0. The lowest BCUT2D eigenvalue weighted by molar-refractivity contribution is -0.130. The molecule has 3 nitrogen and oxygen atoms in total. The minimum atomic E-state index is 0. The molecule has 0 radical (unpaired) electrons. The fourth-order valence-corrected chi connectivity index (χ4v) is 2.13. The van der Waals surface area contributed by atoms with Gasteiger partial charge < -0.3 is 10.6 Å². The first-order valence-corrected chi connectivity index (χ1v) is 5.88. The molecule has 1 amide bonds. The minimum absolute atomic E-state index is 0. The molecule has 0 spiro atoms. The highest BCUT2D eigenvalue weighted by Gasteiger charge is 2.25. The summed E-state index contributed by atoms with van der Waals surface area (Å²) >= 11 is 0. The molecule has 0 aromatic rings. The van der Waals surface area contributed by atoms with Crippen LogP contribution in [-0.2, 0) is 4.79 Å². The maximum Gasteiger partial charge on any atom is 0.249 e. The molecule has 0 saturated carbocycles. The average Bonchev–Trinajstić information content (AvgIpc) is 2.28. The van der Waals surface area contributed by atoms with E-state index in [0.717, 1.165) is 31.4 Å².